The van der Waals surface area contributed by atoms with Crippen molar-refractivity contribution in [2.45, 2.75) is 32.2 Å². The summed E-state index contributed by atoms with van der Waals surface area (Å²) in [6.45, 7) is 4.04. The smallest absolute Gasteiger partial charge is 0.236 e. The van der Waals surface area contributed by atoms with Crippen LogP contribution in [0, 0.1) is 16.0 Å². The minimum absolute atomic E-state index is 0.295. The van der Waals surface area contributed by atoms with Crippen LogP contribution in [-0.4, -0.2) is 21.9 Å². The van der Waals surface area contributed by atoms with Crippen LogP contribution in [0.3, 0.4) is 0 Å². The van der Waals surface area contributed by atoms with E-state index in [0.717, 1.165) is 5.69 Å². The summed E-state index contributed by atoms with van der Waals surface area (Å²) in [5.74, 6) is -0.475. The molecule has 0 radical (unpaired) electrons. The fraction of sp³-hybridized carbons (Fsp3) is 0.600. The lowest BCUT2D eigenvalue weighted by atomic mass is 10.2. The number of nitrogens with one attached hydrogen (secondary N) is 1. The van der Waals surface area contributed by atoms with E-state index in [9.17, 15) is 14.9 Å². The fourth-order valence-electron chi connectivity index (χ4n) is 1.50. The van der Waals surface area contributed by atoms with Gasteiger partial charge in [-0.15, -0.1) is 11.3 Å². The van der Waals surface area contributed by atoms with E-state index >= 15 is 0 Å². The highest BCUT2D eigenvalue weighted by atomic mass is 32.1. The molecule has 1 saturated carbocycles. The number of thiazole rings is 1. The molecule has 17 heavy (non-hydrogen) atoms. The first-order valence-electron chi connectivity index (χ1n) is 5.39. The molecule has 0 aliphatic heterocycles. The molecular weight excluding hydrogens is 242 g/mol. The Balaban J connectivity index is 1.93. The Morgan fingerprint density at radius 1 is 1.71 bits per heavy atom. The molecule has 7 heteroatoms. The number of rotatable bonds is 4. The first-order chi connectivity index (χ1) is 7.99. The van der Waals surface area contributed by atoms with Crippen molar-refractivity contribution < 1.29 is 9.72 Å². The van der Waals surface area contributed by atoms with Crippen LogP contribution in [0.1, 0.15) is 31.9 Å². The lowest BCUT2D eigenvalue weighted by molar-refractivity contribution is -0.497. The molecule has 92 valence electrons. The minimum atomic E-state index is -0.709. The number of aromatic nitrogens is 1. The van der Waals surface area contributed by atoms with Gasteiger partial charge in [-0.25, -0.2) is 4.98 Å². The topological polar surface area (TPSA) is 85.1 Å². The fourth-order valence-corrected chi connectivity index (χ4v) is 2.38. The third-order valence-corrected chi connectivity index (χ3v) is 3.48. The van der Waals surface area contributed by atoms with Crippen molar-refractivity contribution in [1.29, 1.82) is 0 Å². The van der Waals surface area contributed by atoms with Gasteiger partial charge in [0.2, 0.25) is 11.9 Å². The highest BCUT2D eigenvalue weighted by Crippen LogP contribution is 2.34. The van der Waals surface area contributed by atoms with Gasteiger partial charge in [0, 0.05) is 16.7 Å². The van der Waals surface area contributed by atoms with E-state index in [1.54, 1.807) is 0 Å². The van der Waals surface area contributed by atoms with E-state index < -0.39 is 16.9 Å². The largest absolute Gasteiger partial charge is 0.301 e. The molecule has 1 amide bonds. The normalized spacial score (nSPS) is 22.5. The lowest BCUT2D eigenvalue weighted by Gasteiger charge is -1.99. The highest BCUT2D eigenvalue weighted by molar-refractivity contribution is 7.13. The molecule has 6 nitrogen and oxygen atoms in total. The van der Waals surface area contributed by atoms with E-state index in [4.69, 9.17) is 0 Å². The lowest BCUT2D eigenvalue weighted by Crippen LogP contribution is -2.18. The molecule has 0 spiro atoms. The summed E-state index contributed by atoms with van der Waals surface area (Å²) in [4.78, 5) is 25.9. The molecule has 1 aliphatic rings. The van der Waals surface area contributed by atoms with E-state index in [1.807, 2.05) is 19.2 Å². The van der Waals surface area contributed by atoms with Gasteiger partial charge in [-0.1, -0.05) is 13.8 Å². The van der Waals surface area contributed by atoms with Gasteiger partial charge in [0.15, 0.2) is 5.13 Å². The Morgan fingerprint density at radius 3 is 2.88 bits per heavy atom. The standard InChI is InChI=1S/C10H13N3O3S/c1-5(2)7-4-17-10(11-7)12-9(14)6-3-8(6)13(15)16/h4-6,8H,3H2,1-2H3,(H,11,12,14)/t6-,8-/m0/s1. The van der Waals surface area contributed by atoms with Crippen LogP contribution in [0.15, 0.2) is 5.38 Å². The van der Waals surface area contributed by atoms with Gasteiger partial charge < -0.3 is 5.32 Å². The number of hydrogen-bond donors (Lipinski definition) is 1. The van der Waals surface area contributed by atoms with Crippen molar-refractivity contribution in [2.24, 2.45) is 5.92 Å². The van der Waals surface area contributed by atoms with Gasteiger partial charge in [-0.2, -0.15) is 0 Å². The molecule has 2 rings (SSSR count). The molecule has 1 aliphatic carbocycles. The van der Waals surface area contributed by atoms with E-state index in [0.29, 0.717) is 17.5 Å². The van der Waals surface area contributed by atoms with Crippen LogP contribution >= 0.6 is 11.3 Å². The molecule has 0 unspecified atom stereocenters. The van der Waals surface area contributed by atoms with Gasteiger partial charge >= 0.3 is 0 Å². The molecule has 0 saturated heterocycles. The molecule has 1 aromatic rings. The number of carbonyl (C=O) groups excluding carboxylic acids is 1. The predicted molar refractivity (Wildman–Crippen MR) is 63.7 cm³/mol. The van der Waals surface area contributed by atoms with Crippen molar-refractivity contribution in [3.63, 3.8) is 0 Å². The molecule has 1 fully saturated rings. The molecular formula is C10H13N3O3S. The molecule has 1 aromatic heterocycles. The summed E-state index contributed by atoms with van der Waals surface area (Å²) < 4.78 is 0. The summed E-state index contributed by atoms with van der Waals surface area (Å²) in [5.41, 5.74) is 0.923. The second-order valence-corrected chi connectivity index (χ2v) is 5.27. The highest BCUT2D eigenvalue weighted by Gasteiger charge is 2.53. The zero-order valence-corrected chi connectivity index (χ0v) is 10.4. The summed E-state index contributed by atoms with van der Waals surface area (Å²) in [5, 5.41) is 15.5. The molecule has 1 heterocycles. The first kappa shape index (κ1) is 12.0. The van der Waals surface area contributed by atoms with Crippen molar-refractivity contribution >= 4 is 22.4 Å². The second kappa shape index (κ2) is 4.40. The Hall–Kier alpha value is -1.50. The molecule has 0 aromatic carbocycles. The number of hydrogen-bond acceptors (Lipinski definition) is 5. The zero-order chi connectivity index (χ0) is 12.6. The quantitative estimate of drug-likeness (QED) is 0.657. The number of anilines is 1. The van der Waals surface area contributed by atoms with E-state index in [2.05, 4.69) is 10.3 Å². The Labute approximate surface area is 102 Å². The number of carbonyl (C=O) groups is 1. The van der Waals surface area contributed by atoms with E-state index in [1.165, 1.54) is 11.3 Å². The Morgan fingerprint density at radius 2 is 2.41 bits per heavy atom. The number of nitro groups is 1. The molecule has 1 N–H and O–H groups in total. The van der Waals surface area contributed by atoms with Gasteiger partial charge in [0.1, 0.15) is 5.92 Å². The zero-order valence-electron chi connectivity index (χ0n) is 9.54. The average Bonchev–Trinajstić information content (AvgIpc) is 2.93. The van der Waals surface area contributed by atoms with Gasteiger partial charge in [-0.05, 0) is 5.92 Å². The summed E-state index contributed by atoms with van der Waals surface area (Å²) >= 11 is 1.35. The van der Waals surface area contributed by atoms with E-state index in [-0.39, 0.29) is 5.91 Å². The average molecular weight is 255 g/mol. The third-order valence-electron chi connectivity index (χ3n) is 2.71. The first-order valence-corrected chi connectivity index (χ1v) is 6.26. The van der Waals surface area contributed by atoms with Gasteiger partial charge in [0.05, 0.1) is 5.69 Å². The molecule has 2 atom stereocenters. The Bertz CT molecular complexity index is 457. The maximum atomic E-state index is 11.6. The van der Waals surface area contributed by atoms with Crippen molar-refractivity contribution in [1.82, 2.24) is 4.98 Å². The van der Waals surface area contributed by atoms with Crippen LogP contribution in [0.2, 0.25) is 0 Å². The van der Waals surface area contributed by atoms with Crippen LogP contribution in [0.5, 0.6) is 0 Å². The second-order valence-electron chi connectivity index (χ2n) is 4.42. The summed E-state index contributed by atoms with van der Waals surface area (Å²) in [6, 6.07) is -0.709. The van der Waals surface area contributed by atoms with Crippen LogP contribution in [0.25, 0.3) is 0 Å². The maximum absolute atomic E-state index is 11.6. The maximum Gasteiger partial charge on any atom is 0.236 e. The SMILES string of the molecule is CC(C)c1csc(NC(=O)[C@H]2C[C@@H]2[N+](=O)[O-])n1. The monoisotopic (exact) mass is 255 g/mol. The van der Waals surface area contributed by atoms with Crippen molar-refractivity contribution in [3.05, 3.63) is 21.2 Å². The van der Waals surface area contributed by atoms with Crippen molar-refractivity contribution in [3.8, 4) is 0 Å². The van der Waals surface area contributed by atoms with Crippen LogP contribution in [0.4, 0.5) is 5.13 Å². The number of amides is 1. The summed E-state index contributed by atoms with van der Waals surface area (Å²) in [7, 11) is 0. The van der Waals surface area contributed by atoms with Crippen LogP contribution in [-0.2, 0) is 4.79 Å². The minimum Gasteiger partial charge on any atom is -0.301 e. The van der Waals surface area contributed by atoms with Crippen LogP contribution < -0.4 is 5.32 Å². The molecule has 0 bridgehead atoms. The summed E-state index contributed by atoms with van der Waals surface area (Å²) in [6.07, 6.45) is 0.335. The number of nitrogens with zero attached hydrogens (tertiary/aromatic N) is 2. The predicted octanol–water partition coefficient (Wildman–Crippen LogP) is 1.87. The third kappa shape index (κ3) is 2.60. The van der Waals surface area contributed by atoms with Crippen molar-refractivity contribution in [2.75, 3.05) is 5.32 Å². The van der Waals surface area contributed by atoms with Gasteiger partial charge in [0.25, 0.3) is 0 Å². The van der Waals surface area contributed by atoms with Gasteiger partial charge in [-0.3, -0.25) is 14.9 Å². The Kier molecular flexibility index (Phi) is 3.10.